The van der Waals surface area contributed by atoms with Gasteiger partial charge >= 0.3 is 0 Å². The van der Waals surface area contributed by atoms with Crippen molar-refractivity contribution < 1.29 is 18.7 Å². The van der Waals surface area contributed by atoms with Crippen molar-refractivity contribution in [3.63, 3.8) is 0 Å². The van der Waals surface area contributed by atoms with Gasteiger partial charge < -0.3 is 14.4 Å². The van der Waals surface area contributed by atoms with E-state index in [2.05, 4.69) is 0 Å². The number of halogens is 2. The second-order valence-electron chi connectivity index (χ2n) is 4.83. The molecule has 0 aliphatic carbocycles. The molecule has 0 aromatic heterocycles. The predicted molar refractivity (Wildman–Crippen MR) is 74.6 cm³/mol. The Kier molecular flexibility index (Phi) is 4.96. The Labute approximate surface area is 122 Å². The van der Waals surface area contributed by atoms with Crippen LogP contribution in [0.5, 0.6) is 0 Å². The maximum absolute atomic E-state index is 13.1. The third-order valence-corrected chi connectivity index (χ3v) is 3.32. The minimum absolute atomic E-state index is 0.129. The minimum Gasteiger partial charge on any atom is -0.376 e. The van der Waals surface area contributed by atoms with Crippen molar-refractivity contribution in [2.24, 2.45) is 0 Å². The van der Waals surface area contributed by atoms with Gasteiger partial charge in [0, 0.05) is 6.04 Å². The average Bonchev–Trinajstić information content (AvgIpc) is 2.42. The van der Waals surface area contributed by atoms with Gasteiger partial charge in [0.05, 0.1) is 30.5 Å². The second-order valence-corrected chi connectivity index (χ2v) is 5.24. The van der Waals surface area contributed by atoms with E-state index in [0.29, 0.717) is 18.9 Å². The molecule has 1 amide bonds. The van der Waals surface area contributed by atoms with E-state index >= 15 is 0 Å². The number of rotatable bonds is 3. The highest BCUT2D eigenvalue weighted by molar-refractivity contribution is 6.33. The number of carbonyl (C=O) groups excluding carboxylic acids is 1. The summed E-state index contributed by atoms with van der Waals surface area (Å²) >= 11 is 6.05. The molecule has 110 valence electrons. The Hall–Kier alpha value is -1.17. The van der Waals surface area contributed by atoms with Crippen LogP contribution < -0.4 is 4.90 Å². The van der Waals surface area contributed by atoms with Crippen molar-refractivity contribution in [2.75, 3.05) is 24.7 Å². The highest BCUT2D eigenvalue weighted by atomic mass is 35.5. The standard InChI is InChI=1S/C14H17ClFNO3/c1-9(2)17(12-4-3-10(16)7-11(12)15)14(18)13-8-19-5-6-20-13/h3-4,7,9,13H,5-6,8H2,1-2H3/t13-/m0/s1. The number of ether oxygens (including phenoxy) is 2. The van der Waals surface area contributed by atoms with Crippen LogP contribution in [0.2, 0.25) is 5.02 Å². The summed E-state index contributed by atoms with van der Waals surface area (Å²) < 4.78 is 23.8. The molecular formula is C14H17ClFNO3. The molecule has 0 bridgehead atoms. The lowest BCUT2D eigenvalue weighted by atomic mass is 10.2. The number of nitrogens with zero attached hydrogens (tertiary/aromatic N) is 1. The summed E-state index contributed by atoms with van der Waals surface area (Å²) in [5.74, 6) is -0.666. The summed E-state index contributed by atoms with van der Waals surface area (Å²) in [5, 5.41) is 0.198. The number of amides is 1. The van der Waals surface area contributed by atoms with E-state index in [0.717, 1.165) is 0 Å². The molecule has 4 nitrogen and oxygen atoms in total. The molecule has 20 heavy (non-hydrogen) atoms. The fraction of sp³-hybridized carbons (Fsp3) is 0.500. The maximum atomic E-state index is 13.1. The molecule has 0 saturated carbocycles. The number of anilines is 1. The zero-order valence-electron chi connectivity index (χ0n) is 11.4. The molecule has 1 aromatic carbocycles. The average molecular weight is 302 g/mol. The molecule has 1 aliphatic rings. The molecule has 0 radical (unpaired) electrons. The van der Waals surface area contributed by atoms with E-state index in [1.54, 1.807) is 0 Å². The van der Waals surface area contributed by atoms with Crippen LogP contribution in [0.25, 0.3) is 0 Å². The summed E-state index contributed by atoms with van der Waals surface area (Å²) in [6.07, 6.45) is -0.646. The first-order valence-electron chi connectivity index (χ1n) is 6.48. The van der Waals surface area contributed by atoms with Gasteiger partial charge in [-0.1, -0.05) is 11.6 Å². The monoisotopic (exact) mass is 301 g/mol. The molecule has 0 N–H and O–H groups in total. The van der Waals surface area contributed by atoms with Gasteiger partial charge in [-0.05, 0) is 32.0 Å². The lowest BCUT2D eigenvalue weighted by molar-refractivity contribution is -0.145. The first-order chi connectivity index (χ1) is 9.50. The van der Waals surface area contributed by atoms with E-state index in [-0.39, 0.29) is 23.6 Å². The molecule has 1 aliphatic heterocycles. The molecule has 1 heterocycles. The Balaban J connectivity index is 2.28. The van der Waals surface area contributed by atoms with Crippen molar-refractivity contribution in [1.29, 1.82) is 0 Å². The number of hydrogen-bond donors (Lipinski definition) is 0. The Morgan fingerprint density at radius 1 is 1.45 bits per heavy atom. The van der Waals surface area contributed by atoms with E-state index in [1.165, 1.54) is 23.1 Å². The van der Waals surface area contributed by atoms with E-state index in [1.807, 2.05) is 13.8 Å². The van der Waals surface area contributed by atoms with Crippen molar-refractivity contribution in [3.05, 3.63) is 29.0 Å². The van der Waals surface area contributed by atoms with Crippen molar-refractivity contribution in [2.45, 2.75) is 26.0 Å². The zero-order valence-corrected chi connectivity index (χ0v) is 12.2. The Bertz CT molecular complexity index is 489. The molecule has 1 saturated heterocycles. The van der Waals surface area contributed by atoms with Gasteiger partial charge in [-0.2, -0.15) is 0 Å². The minimum atomic E-state index is -0.646. The van der Waals surface area contributed by atoms with Crippen LogP contribution in [0.15, 0.2) is 18.2 Å². The lowest BCUT2D eigenvalue weighted by Gasteiger charge is -2.32. The second kappa shape index (κ2) is 6.52. The summed E-state index contributed by atoms with van der Waals surface area (Å²) in [5.41, 5.74) is 0.474. The first-order valence-corrected chi connectivity index (χ1v) is 6.86. The molecule has 0 spiro atoms. The smallest absolute Gasteiger partial charge is 0.258 e. The van der Waals surface area contributed by atoms with Crippen LogP contribution in [-0.4, -0.2) is 37.9 Å². The number of hydrogen-bond acceptors (Lipinski definition) is 3. The van der Waals surface area contributed by atoms with Crippen molar-refractivity contribution in [1.82, 2.24) is 0 Å². The molecule has 0 unspecified atom stereocenters. The van der Waals surface area contributed by atoms with Crippen LogP contribution in [-0.2, 0) is 14.3 Å². The van der Waals surface area contributed by atoms with Gasteiger partial charge in [-0.3, -0.25) is 4.79 Å². The highest BCUT2D eigenvalue weighted by Gasteiger charge is 2.31. The van der Waals surface area contributed by atoms with Gasteiger partial charge in [-0.25, -0.2) is 4.39 Å². The highest BCUT2D eigenvalue weighted by Crippen LogP contribution is 2.29. The van der Waals surface area contributed by atoms with Gasteiger partial charge in [-0.15, -0.1) is 0 Å². The van der Waals surface area contributed by atoms with E-state index in [9.17, 15) is 9.18 Å². The van der Waals surface area contributed by atoms with Gasteiger partial charge in [0.2, 0.25) is 0 Å². The van der Waals surface area contributed by atoms with Crippen LogP contribution in [0.3, 0.4) is 0 Å². The van der Waals surface area contributed by atoms with E-state index < -0.39 is 11.9 Å². The third-order valence-electron chi connectivity index (χ3n) is 3.01. The normalized spacial score (nSPS) is 19.1. The molecular weight excluding hydrogens is 285 g/mol. The number of carbonyl (C=O) groups is 1. The fourth-order valence-corrected chi connectivity index (χ4v) is 2.37. The quantitative estimate of drug-likeness (QED) is 0.861. The Morgan fingerprint density at radius 2 is 2.20 bits per heavy atom. The van der Waals surface area contributed by atoms with Crippen LogP contribution in [0.4, 0.5) is 10.1 Å². The predicted octanol–water partition coefficient (Wildman–Crippen LogP) is 2.64. The molecule has 6 heteroatoms. The van der Waals surface area contributed by atoms with Crippen LogP contribution >= 0.6 is 11.6 Å². The fourth-order valence-electron chi connectivity index (χ4n) is 2.11. The topological polar surface area (TPSA) is 38.8 Å². The Morgan fingerprint density at radius 3 is 2.75 bits per heavy atom. The largest absolute Gasteiger partial charge is 0.376 e. The summed E-state index contributed by atoms with van der Waals surface area (Å²) in [6.45, 7) is 4.83. The number of benzene rings is 1. The summed E-state index contributed by atoms with van der Waals surface area (Å²) in [6, 6.07) is 3.84. The summed E-state index contributed by atoms with van der Waals surface area (Å²) in [4.78, 5) is 14.1. The van der Waals surface area contributed by atoms with E-state index in [4.69, 9.17) is 21.1 Å². The zero-order chi connectivity index (χ0) is 14.7. The SMILES string of the molecule is CC(C)N(C(=O)[C@@H]1COCCO1)c1ccc(F)cc1Cl. The third kappa shape index (κ3) is 3.29. The van der Waals surface area contributed by atoms with Crippen LogP contribution in [0, 0.1) is 5.82 Å². The summed E-state index contributed by atoms with van der Waals surface area (Å²) in [7, 11) is 0. The maximum Gasteiger partial charge on any atom is 0.258 e. The molecule has 1 aromatic rings. The first kappa shape index (κ1) is 15.2. The van der Waals surface area contributed by atoms with Crippen LogP contribution in [0.1, 0.15) is 13.8 Å². The lowest BCUT2D eigenvalue weighted by Crippen LogP contribution is -2.48. The van der Waals surface area contributed by atoms with Gasteiger partial charge in [0.1, 0.15) is 5.82 Å². The molecule has 2 rings (SSSR count). The van der Waals surface area contributed by atoms with Crippen molar-refractivity contribution in [3.8, 4) is 0 Å². The van der Waals surface area contributed by atoms with Crippen molar-refractivity contribution >= 4 is 23.2 Å². The van der Waals surface area contributed by atoms with Gasteiger partial charge in [0.25, 0.3) is 5.91 Å². The molecule has 1 atom stereocenters. The van der Waals surface area contributed by atoms with Gasteiger partial charge in [0.15, 0.2) is 6.10 Å². The molecule has 1 fully saturated rings.